The summed E-state index contributed by atoms with van der Waals surface area (Å²) >= 11 is 0. The quantitative estimate of drug-likeness (QED) is 0.611. The number of rotatable bonds is 4. The lowest BCUT2D eigenvalue weighted by atomic mass is 9.96. The van der Waals surface area contributed by atoms with Crippen LogP contribution in [0, 0.1) is 11.8 Å². The fourth-order valence-electron chi connectivity index (χ4n) is 1.75. The fourth-order valence-corrected chi connectivity index (χ4v) is 1.75. The van der Waals surface area contributed by atoms with Crippen LogP contribution in [0.1, 0.15) is 26.7 Å². The van der Waals surface area contributed by atoms with Crippen LogP contribution in [-0.4, -0.2) is 30.9 Å². The van der Waals surface area contributed by atoms with E-state index in [0.717, 1.165) is 0 Å². The Morgan fingerprint density at radius 1 is 1.62 bits per heavy atom. The van der Waals surface area contributed by atoms with Gasteiger partial charge in [0, 0.05) is 25.6 Å². The third kappa shape index (κ3) is 3.48. The second kappa shape index (κ2) is 5.84. The van der Waals surface area contributed by atoms with Crippen molar-refractivity contribution >= 4 is 11.8 Å². The van der Waals surface area contributed by atoms with E-state index in [1.54, 1.807) is 0 Å². The van der Waals surface area contributed by atoms with Gasteiger partial charge < -0.3 is 16.4 Å². The number of piperidine rings is 1. The minimum atomic E-state index is -0.106. The topological polar surface area (TPSA) is 84.2 Å². The van der Waals surface area contributed by atoms with E-state index in [1.807, 2.05) is 13.8 Å². The summed E-state index contributed by atoms with van der Waals surface area (Å²) in [4.78, 5) is 22.8. The van der Waals surface area contributed by atoms with Gasteiger partial charge in [0.15, 0.2) is 0 Å². The molecule has 2 atom stereocenters. The van der Waals surface area contributed by atoms with Crippen LogP contribution in [0.4, 0.5) is 0 Å². The number of hydrogen-bond acceptors (Lipinski definition) is 3. The highest BCUT2D eigenvalue weighted by atomic mass is 16.2. The first-order valence-electron chi connectivity index (χ1n) is 5.81. The van der Waals surface area contributed by atoms with Crippen molar-refractivity contribution in [1.29, 1.82) is 0 Å². The smallest absolute Gasteiger partial charge is 0.225 e. The first-order valence-corrected chi connectivity index (χ1v) is 5.81. The summed E-state index contributed by atoms with van der Waals surface area (Å²) in [6, 6.07) is 0.0186. The van der Waals surface area contributed by atoms with Crippen LogP contribution >= 0.6 is 0 Å². The Balaban J connectivity index is 2.42. The molecule has 1 heterocycles. The van der Waals surface area contributed by atoms with Gasteiger partial charge in [-0.2, -0.15) is 0 Å². The minimum absolute atomic E-state index is 0.00384. The van der Waals surface area contributed by atoms with E-state index < -0.39 is 0 Å². The van der Waals surface area contributed by atoms with Gasteiger partial charge in [-0.3, -0.25) is 9.59 Å². The first kappa shape index (κ1) is 13.0. The van der Waals surface area contributed by atoms with Gasteiger partial charge in [-0.05, 0) is 12.3 Å². The number of hydrogen-bond donors (Lipinski definition) is 3. The maximum absolute atomic E-state index is 11.9. The summed E-state index contributed by atoms with van der Waals surface area (Å²) in [5.74, 6) is 0.255. The Kier molecular flexibility index (Phi) is 4.73. The molecule has 0 aromatic heterocycles. The van der Waals surface area contributed by atoms with Crippen molar-refractivity contribution < 1.29 is 9.59 Å². The van der Waals surface area contributed by atoms with E-state index >= 15 is 0 Å². The molecule has 0 aromatic rings. The van der Waals surface area contributed by atoms with Crippen molar-refractivity contribution in [1.82, 2.24) is 10.6 Å². The molecule has 0 aliphatic carbocycles. The van der Waals surface area contributed by atoms with Gasteiger partial charge in [0.05, 0.1) is 5.92 Å². The highest BCUT2D eigenvalue weighted by Gasteiger charge is 2.26. The van der Waals surface area contributed by atoms with Gasteiger partial charge in [-0.15, -0.1) is 0 Å². The molecular formula is C11H21N3O2. The highest BCUT2D eigenvalue weighted by Crippen LogP contribution is 2.11. The van der Waals surface area contributed by atoms with Crippen molar-refractivity contribution in [3.05, 3.63) is 0 Å². The standard InChI is InChI=1S/C11H21N3O2/c1-7(2)9(5-12)14-11(16)8-3-4-10(15)13-6-8/h7-9H,3-6,12H2,1-2H3,(H,13,15)(H,14,16). The third-order valence-corrected chi connectivity index (χ3v) is 3.02. The minimum Gasteiger partial charge on any atom is -0.355 e. The van der Waals surface area contributed by atoms with Crippen LogP contribution in [0.3, 0.4) is 0 Å². The third-order valence-electron chi connectivity index (χ3n) is 3.02. The van der Waals surface area contributed by atoms with Crippen LogP contribution in [0.15, 0.2) is 0 Å². The molecule has 92 valence electrons. The van der Waals surface area contributed by atoms with E-state index in [2.05, 4.69) is 10.6 Å². The van der Waals surface area contributed by atoms with Crippen molar-refractivity contribution in [3.8, 4) is 0 Å². The van der Waals surface area contributed by atoms with Crippen molar-refractivity contribution in [2.75, 3.05) is 13.1 Å². The molecule has 16 heavy (non-hydrogen) atoms. The molecule has 2 amide bonds. The molecule has 0 aromatic carbocycles. The van der Waals surface area contributed by atoms with Crippen molar-refractivity contribution in [3.63, 3.8) is 0 Å². The van der Waals surface area contributed by atoms with Gasteiger partial charge >= 0.3 is 0 Å². The van der Waals surface area contributed by atoms with Gasteiger partial charge in [0.1, 0.15) is 0 Å². The molecular weight excluding hydrogens is 206 g/mol. The average Bonchev–Trinajstić information content (AvgIpc) is 2.26. The molecule has 5 heteroatoms. The van der Waals surface area contributed by atoms with E-state index in [-0.39, 0.29) is 23.8 Å². The van der Waals surface area contributed by atoms with Crippen molar-refractivity contribution in [2.45, 2.75) is 32.7 Å². The Morgan fingerprint density at radius 3 is 2.75 bits per heavy atom. The zero-order valence-corrected chi connectivity index (χ0v) is 9.95. The molecule has 2 unspecified atom stereocenters. The number of nitrogens with two attached hydrogens (primary N) is 1. The lowest BCUT2D eigenvalue weighted by Gasteiger charge is -2.26. The predicted octanol–water partition coefficient (Wildman–Crippen LogP) is -0.388. The Hall–Kier alpha value is -1.10. The normalized spacial score (nSPS) is 22.8. The molecule has 1 saturated heterocycles. The van der Waals surface area contributed by atoms with E-state index in [0.29, 0.717) is 31.8 Å². The van der Waals surface area contributed by atoms with Crippen molar-refractivity contribution in [2.24, 2.45) is 17.6 Å². The molecule has 1 fully saturated rings. The molecule has 4 N–H and O–H groups in total. The van der Waals surface area contributed by atoms with Crippen LogP contribution in [0.5, 0.6) is 0 Å². The van der Waals surface area contributed by atoms with Gasteiger partial charge in [0.25, 0.3) is 0 Å². The van der Waals surface area contributed by atoms with E-state index in [9.17, 15) is 9.59 Å². The summed E-state index contributed by atoms with van der Waals surface area (Å²) in [7, 11) is 0. The molecule has 0 spiro atoms. The summed E-state index contributed by atoms with van der Waals surface area (Å²) in [5.41, 5.74) is 5.59. The van der Waals surface area contributed by atoms with E-state index in [4.69, 9.17) is 5.73 Å². The molecule has 0 bridgehead atoms. The molecule has 0 radical (unpaired) electrons. The first-order chi connectivity index (χ1) is 7.54. The Morgan fingerprint density at radius 2 is 2.31 bits per heavy atom. The highest BCUT2D eigenvalue weighted by molar-refractivity contribution is 5.83. The van der Waals surface area contributed by atoms with Crippen LogP contribution in [-0.2, 0) is 9.59 Å². The zero-order valence-electron chi connectivity index (χ0n) is 9.95. The summed E-state index contributed by atoms with van der Waals surface area (Å²) in [5, 5.41) is 5.64. The zero-order chi connectivity index (χ0) is 12.1. The molecule has 1 aliphatic rings. The Bertz CT molecular complexity index is 256. The van der Waals surface area contributed by atoms with Gasteiger partial charge in [-0.1, -0.05) is 13.8 Å². The average molecular weight is 227 g/mol. The second-order valence-corrected chi connectivity index (χ2v) is 4.63. The van der Waals surface area contributed by atoms with Gasteiger partial charge in [0.2, 0.25) is 11.8 Å². The summed E-state index contributed by atoms with van der Waals surface area (Å²) in [6.45, 7) is 4.95. The second-order valence-electron chi connectivity index (χ2n) is 4.63. The fraction of sp³-hybridized carbons (Fsp3) is 0.818. The lowest BCUT2D eigenvalue weighted by molar-refractivity contribution is -0.129. The predicted molar refractivity (Wildman–Crippen MR) is 61.6 cm³/mol. The van der Waals surface area contributed by atoms with E-state index in [1.165, 1.54) is 0 Å². The maximum atomic E-state index is 11.9. The molecule has 0 saturated carbocycles. The van der Waals surface area contributed by atoms with Crippen LogP contribution < -0.4 is 16.4 Å². The summed E-state index contributed by atoms with van der Waals surface area (Å²) in [6.07, 6.45) is 1.07. The number of nitrogens with one attached hydrogen (secondary N) is 2. The molecule has 5 nitrogen and oxygen atoms in total. The SMILES string of the molecule is CC(C)C(CN)NC(=O)C1CCC(=O)NC1. The monoisotopic (exact) mass is 227 g/mol. The lowest BCUT2D eigenvalue weighted by Crippen LogP contribution is -2.49. The molecule has 1 rings (SSSR count). The maximum Gasteiger partial charge on any atom is 0.225 e. The largest absolute Gasteiger partial charge is 0.355 e. The Labute approximate surface area is 96.1 Å². The number of amides is 2. The number of carbonyl (C=O) groups excluding carboxylic acids is 2. The molecule has 1 aliphatic heterocycles. The summed E-state index contributed by atoms with van der Waals surface area (Å²) < 4.78 is 0. The van der Waals surface area contributed by atoms with Gasteiger partial charge in [-0.25, -0.2) is 0 Å². The van der Waals surface area contributed by atoms with Crippen LogP contribution in [0.25, 0.3) is 0 Å². The van der Waals surface area contributed by atoms with Crippen LogP contribution in [0.2, 0.25) is 0 Å². The number of carbonyl (C=O) groups is 2.